The third kappa shape index (κ3) is 5.99. The Morgan fingerprint density at radius 2 is 1.83 bits per heavy atom. The van der Waals surface area contributed by atoms with E-state index < -0.39 is 6.04 Å². The Balaban J connectivity index is 2.96. The maximum absolute atomic E-state index is 12.5. The van der Waals surface area contributed by atoms with Crippen LogP contribution < -0.4 is 5.32 Å². The molecular weight excluding hydrogens is 347 g/mol. The van der Waals surface area contributed by atoms with Gasteiger partial charge in [0.05, 0.1) is 10.0 Å². The van der Waals surface area contributed by atoms with Gasteiger partial charge in [-0.3, -0.25) is 9.59 Å². The van der Waals surface area contributed by atoms with Crippen molar-refractivity contribution in [3.8, 4) is 0 Å². The van der Waals surface area contributed by atoms with Gasteiger partial charge in [-0.1, -0.05) is 43.1 Å². The van der Waals surface area contributed by atoms with Gasteiger partial charge < -0.3 is 10.2 Å². The predicted molar refractivity (Wildman–Crippen MR) is 99.3 cm³/mol. The molecule has 0 aliphatic heterocycles. The molecule has 1 aromatic rings. The summed E-state index contributed by atoms with van der Waals surface area (Å²) >= 11 is 12.0. The van der Waals surface area contributed by atoms with Gasteiger partial charge in [0.2, 0.25) is 11.8 Å². The molecular formula is C18H26Cl2N2O2. The number of benzene rings is 1. The molecule has 0 saturated heterocycles. The molecule has 1 N–H and O–H groups in total. The van der Waals surface area contributed by atoms with E-state index in [1.165, 1.54) is 0 Å². The molecule has 4 nitrogen and oxygen atoms in total. The van der Waals surface area contributed by atoms with Crippen LogP contribution in [0.15, 0.2) is 18.2 Å². The van der Waals surface area contributed by atoms with E-state index in [0.29, 0.717) is 23.0 Å². The smallest absolute Gasteiger partial charge is 0.242 e. The molecule has 1 rings (SSSR count). The van der Waals surface area contributed by atoms with Gasteiger partial charge in [0.25, 0.3) is 0 Å². The molecule has 0 unspecified atom stereocenters. The van der Waals surface area contributed by atoms with Crippen LogP contribution in [0.3, 0.4) is 0 Å². The van der Waals surface area contributed by atoms with E-state index in [0.717, 1.165) is 18.4 Å². The molecule has 0 bridgehead atoms. The first-order valence-corrected chi connectivity index (χ1v) is 9.09. The van der Waals surface area contributed by atoms with Crippen LogP contribution in [0, 0.1) is 0 Å². The summed E-state index contributed by atoms with van der Waals surface area (Å²) in [6.07, 6.45) is 1.98. The van der Waals surface area contributed by atoms with Gasteiger partial charge in [-0.25, -0.2) is 0 Å². The van der Waals surface area contributed by atoms with E-state index in [9.17, 15) is 9.59 Å². The minimum absolute atomic E-state index is 0.0460. The SMILES string of the molecule is CCCC(=O)N(Cc1ccc(Cl)c(Cl)c1)[C@@H](C)C(=O)N[C@@H](C)CC. The van der Waals surface area contributed by atoms with Crippen molar-refractivity contribution in [1.29, 1.82) is 0 Å². The summed E-state index contributed by atoms with van der Waals surface area (Å²) in [6, 6.07) is 4.78. The average Bonchev–Trinajstić information content (AvgIpc) is 2.55. The van der Waals surface area contributed by atoms with Crippen molar-refractivity contribution in [2.24, 2.45) is 0 Å². The third-order valence-electron chi connectivity index (χ3n) is 3.97. The van der Waals surface area contributed by atoms with E-state index >= 15 is 0 Å². The van der Waals surface area contributed by atoms with Crippen molar-refractivity contribution in [1.82, 2.24) is 10.2 Å². The lowest BCUT2D eigenvalue weighted by atomic mass is 10.1. The fourth-order valence-corrected chi connectivity index (χ4v) is 2.56. The molecule has 0 heterocycles. The number of carbonyl (C=O) groups is 2. The van der Waals surface area contributed by atoms with Crippen LogP contribution in [0.1, 0.15) is 52.5 Å². The number of hydrogen-bond acceptors (Lipinski definition) is 2. The average molecular weight is 373 g/mol. The second-order valence-electron chi connectivity index (χ2n) is 6.01. The zero-order valence-electron chi connectivity index (χ0n) is 14.7. The minimum atomic E-state index is -0.549. The number of hydrogen-bond donors (Lipinski definition) is 1. The van der Waals surface area contributed by atoms with E-state index in [2.05, 4.69) is 5.32 Å². The lowest BCUT2D eigenvalue weighted by molar-refractivity contribution is -0.140. The highest BCUT2D eigenvalue weighted by Crippen LogP contribution is 2.24. The van der Waals surface area contributed by atoms with Crippen LogP contribution in [-0.4, -0.2) is 28.8 Å². The lowest BCUT2D eigenvalue weighted by Crippen LogP contribution is -2.49. The number of amides is 2. The van der Waals surface area contributed by atoms with Crippen molar-refractivity contribution >= 4 is 35.0 Å². The second kappa shape index (κ2) is 9.90. The molecule has 0 saturated carbocycles. The van der Waals surface area contributed by atoms with E-state index in [1.54, 1.807) is 24.0 Å². The molecule has 0 fully saturated rings. The van der Waals surface area contributed by atoms with Crippen molar-refractivity contribution in [2.75, 3.05) is 0 Å². The van der Waals surface area contributed by atoms with E-state index in [4.69, 9.17) is 23.2 Å². The van der Waals surface area contributed by atoms with Crippen LogP contribution in [0.25, 0.3) is 0 Å². The Labute approximate surface area is 154 Å². The second-order valence-corrected chi connectivity index (χ2v) is 6.83. The molecule has 0 aliphatic rings. The Morgan fingerprint density at radius 1 is 1.17 bits per heavy atom. The van der Waals surface area contributed by atoms with Gasteiger partial charge in [0.15, 0.2) is 0 Å². The van der Waals surface area contributed by atoms with Crippen LogP contribution in [0.5, 0.6) is 0 Å². The number of rotatable bonds is 8. The summed E-state index contributed by atoms with van der Waals surface area (Å²) in [4.78, 5) is 26.5. The summed E-state index contributed by atoms with van der Waals surface area (Å²) in [5.41, 5.74) is 0.844. The van der Waals surface area contributed by atoms with Gasteiger partial charge in [0.1, 0.15) is 6.04 Å². The minimum Gasteiger partial charge on any atom is -0.352 e. The largest absolute Gasteiger partial charge is 0.352 e. The highest BCUT2D eigenvalue weighted by molar-refractivity contribution is 6.42. The first kappa shape index (κ1) is 20.8. The van der Waals surface area contributed by atoms with Crippen LogP contribution in [-0.2, 0) is 16.1 Å². The molecule has 0 radical (unpaired) electrons. The highest BCUT2D eigenvalue weighted by Gasteiger charge is 2.26. The van der Waals surface area contributed by atoms with Gasteiger partial charge in [-0.05, 0) is 44.4 Å². The third-order valence-corrected chi connectivity index (χ3v) is 4.71. The highest BCUT2D eigenvalue weighted by atomic mass is 35.5. The molecule has 0 spiro atoms. The Hall–Kier alpha value is -1.26. The molecule has 6 heteroatoms. The lowest BCUT2D eigenvalue weighted by Gasteiger charge is -2.29. The number of nitrogens with one attached hydrogen (secondary N) is 1. The van der Waals surface area contributed by atoms with Gasteiger partial charge >= 0.3 is 0 Å². The summed E-state index contributed by atoms with van der Waals surface area (Å²) in [5, 5.41) is 3.84. The summed E-state index contributed by atoms with van der Waals surface area (Å²) < 4.78 is 0. The number of nitrogens with zero attached hydrogens (tertiary/aromatic N) is 1. The summed E-state index contributed by atoms with van der Waals surface area (Å²) in [5.74, 6) is -0.191. The van der Waals surface area contributed by atoms with E-state index in [1.807, 2.05) is 26.8 Å². The van der Waals surface area contributed by atoms with Crippen molar-refractivity contribution in [2.45, 2.75) is 65.6 Å². The maximum atomic E-state index is 12.5. The van der Waals surface area contributed by atoms with Crippen molar-refractivity contribution < 1.29 is 9.59 Å². The zero-order valence-corrected chi connectivity index (χ0v) is 16.2. The Bertz CT molecular complexity index is 578. The van der Waals surface area contributed by atoms with Crippen LogP contribution in [0.2, 0.25) is 10.0 Å². The van der Waals surface area contributed by atoms with Gasteiger partial charge in [0, 0.05) is 19.0 Å². The molecule has 0 aliphatic carbocycles. The summed E-state index contributed by atoms with van der Waals surface area (Å²) in [7, 11) is 0. The fraction of sp³-hybridized carbons (Fsp3) is 0.556. The topological polar surface area (TPSA) is 49.4 Å². The maximum Gasteiger partial charge on any atom is 0.242 e. The molecule has 134 valence electrons. The first-order chi connectivity index (χ1) is 11.3. The molecule has 0 aromatic heterocycles. The predicted octanol–water partition coefficient (Wildman–Crippen LogP) is 4.43. The molecule has 24 heavy (non-hydrogen) atoms. The number of halogens is 2. The zero-order chi connectivity index (χ0) is 18.3. The van der Waals surface area contributed by atoms with Gasteiger partial charge in [-0.15, -0.1) is 0 Å². The summed E-state index contributed by atoms with van der Waals surface area (Å²) in [6.45, 7) is 7.97. The Morgan fingerprint density at radius 3 is 2.38 bits per heavy atom. The molecule has 2 atom stereocenters. The monoisotopic (exact) mass is 372 g/mol. The number of carbonyl (C=O) groups excluding carboxylic acids is 2. The van der Waals surface area contributed by atoms with Crippen LogP contribution >= 0.6 is 23.2 Å². The van der Waals surface area contributed by atoms with E-state index in [-0.39, 0.29) is 17.9 Å². The molecule has 1 aromatic carbocycles. The molecule has 2 amide bonds. The van der Waals surface area contributed by atoms with Crippen LogP contribution in [0.4, 0.5) is 0 Å². The standard InChI is InChI=1S/C18H26Cl2N2O2/c1-5-7-17(23)22(13(4)18(24)21-12(3)6-2)11-14-8-9-15(19)16(20)10-14/h8-10,12-13H,5-7,11H2,1-4H3,(H,21,24)/t12-,13-/m0/s1. The van der Waals surface area contributed by atoms with Gasteiger partial charge in [-0.2, -0.15) is 0 Å². The first-order valence-electron chi connectivity index (χ1n) is 8.33. The fourth-order valence-electron chi connectivity index (χ4n) is 2.24. The van der Waals surface area contributed by atoms with Crippen molar-refractivity contribution in [3.63, 3.8) is 0 Å². The normalized spacial score (nSPS) is 13.2. The van der Waals surface area contributed by atoms with Crippen molar-refractivity contribution in [3.05, 3.63) is 33.8 Å². The quantitative estimate of drug-likeness (QED) is 0.733. The Kier molecular flexibility index (Phi) is 8.57.